The minimum atomic E-state index is 0.198. The molecule has 0 bridgehead atoms. The zero-order valence-electron chi connectivity index (χ0n) is 31.5. The zero-order chi connectivity index (χ0) is 33.3. The molecule has 0 spiro atoms. The number of hydrogen-bond donors (Lipinski definition) is 1. The molecule has 4 nitrogen and oxygen atoms in total. The maximum absolute atomic E-state index is 9.42. The summed E-state index contributed by atoms with van der Waals surface area (Å²) in [6, 6.07) is 0. The summed E-state index contributed by atoms with van der Waals surface area (Å²) in [5.41, 5.74) is 0. The Kier molecular flexibility index (Phi) is 41.7. The molecule has 0 fully saturated rings. The van der Waals surface area contributed by atoms with Crippen molar-refractivity contribution in [1.82, 2.24) is 4.90 Å². The minimum Gasteiger partial charge on any atom is -0.395 e. The molecule has 0 rings (SSSR count). The van der Waals surface area contributed by atoms with Crippen LogP contribution in [-0.2, 0) is 9.47 Å². The van der Waals surface area contributed by atoms with Crippen LogP contribution in [0.15, 0.2) is 24.3 Å². The monoisotopic (exact) mass is 650 g/mol. The third-order valence-electron chi connectivity index (χ3n) is 9.12. The predicted molar refractivity (Wildman–Crippen MR) is 204 cm³/mol. The highest BCUT2D eigenvalue weighted by Crippen LogP contribution is 2.11. The Labute approximate surface area is 289 Å². The van der Waals surface area contributed by atoms with E-state index in [-0.39, 0.29) is 6.61 Å². The number of hydrogen-bond acceptors (Lipinski definition) is 4. The van der Waals surface area contributed by atoms with Crippen molar-refractivity contribution in [3.8, 4) is 0 Å². The van der Waals surface area contributed by atoms with Gasteiger partial charge in [-0.15, -0.1) is 0 Å². The van der Waals surface area contributed by atoms with Gasteiger partial charge in [0.05, 0.1) is 19.8 Å². The second-order valence-electron chi connectivity index (χ2n) is 13.7. The van der Waals surface area contributed by atoms with E-state index in [0.29, 0.717) is 6.54 Å². The first-order valence-corrected chi connectivity index (χ1v) is 20.6. The first kappa shape index (κ1) is 45.3. The van der Waals surface area contributed by atoms with E-state index in [1.807, 2.05) is 0 Å². The van der Waals surface area contributed by atoms with Crippen molar-refractivity contribution in [1.29, 1.82) is 0 Å². The Morgan fingerprint density at radius 1 is 0.370 bits per heavy atom. The zero-order valence-corrected chi connectivity index (χ0v) is 31.5. The quantitative estimate of drug-likeness (QED) is 0.0530. The van der Waals surface area contributed by atoms with Crippen LogP contribution in [0.3, 0.4) is 0 Å². The average Bonchev–Trinajstić information content (AvgIpc) is 3.06. The lowest BCUT2D eigenvalue weighted by Gasteiger charge is -2.21. The fourth-order valence-electron chi connectivity index (χ4n) is 5.97. The van der Waals surface area contributed by atoms with E-state index in [2.05, 4.69) is 43.1 Å². The van der Waals surface area contributed by atoms with Gasteiger partial charge in [0.2, 0.25) is 0 Å². The molecule has 0 aliphatic rings. The standard InChI is InChI=1S/C42H83NO3/c1-3-5-7-9-11-13-15-17-19-21-23-25-27-29-31-33-39-45-41-36-43(35-38-44)37-42-46-40-34-32-30-28-26-24-22-20-18-16-14-12-10-8-6-4-2/h17-20,44H,3-16,21-42H2,1-2H3. The van der Waals surface area contributed by atoms with E-state index in [4.69, 9.17) is 9.47 Å². The van der Waals surface area contributed by atoms with Crippen LogP contribution in [0.1, 0.15) is 194 Å². The van der Waals surface area contributed by atoms with Crippen molar-refractivity contribution in [2.75, 3.05) is 52.7 Å². The van der Waals surface area contributed by atoms with Crippen LogP contribution in [0.25, 0.3) is 0 Å². The predicted octanol–water partition coefficient (Wildman–Crippen LogP) is 12.4. The lowest BCUT2D eigenvalue weighted by Crippen LogP contribution is -2.33. The molecule has 0 saturated heterocycles. The second kappa shape index (κ2) is 42.3. The van der Waals surface area contributed by atoms with E-state index in [0.717, 1.165) is 52.4 Å². The third kappa shape index (κ3) is 39.5. The Morgan fingerprint density at radius 2 is 0.674 bits per heavy atom. The molecule has 0 aromatic rings. The average molecular weight is 650 g/mol. The highest BCUT2D eigenvalue weighted by Gasteiger charge is 2.04. The molecule has 0 saturated carbocycles. The molecule has 1 N–H and O–H groups in total. The summed E-state index contributed by atoms with van der Waals surface area (Å²) in [7, 11) is 0. The van der Waals surface area contributed by atoms with Crippen molar-refractivity contribution in [2.24, 2.45) is 0 Å². The summed E-state index contributed by atoms with van der Waals surface area (Å²) in [4.78, 5) is 2.27. The molecule has 0 amide bonds. The van der Waals surface area contributed by atoms with Crippen LogP contribution in [0.2, 0.25) is 0 Å². The van der Waals surface area contributed by atoms with E-state index >= 15 is 0 Å². The molecular formula is C42H83NO3. The number of ether oxygens (including phenoxy) is 2. The van der Waals surface area contributed by atoms with Crippen LogP contribution < -0.4 is 0 Å². The molecule has 0 radical (unpaired) electrons. The van der Waals surface area contributed by atoms with Crippen LogP contribution >= 0.6 is 0 Å². The molecule has 0 aromatic carbocycles. The van der Waals surface area contributed by atoms with Gasteiger partial charge in [-0.25, -0.2) is 0 Å². The molecular weight excluding hydrogens is 566 g/mol. The number of allylic oxidation sites excluding steroid dienone is 4. The molecule has 0 heterocycles. The summed E-state index contributed by atoms with van der Waals surface area (Å²) in [6.45, 7) is 10.5. The Hall–Kier alpha value is -0.680. The maximum atomic E-state index is 9.42. The smallest absolute Gasteiger partial charge is 0.0593 e. The summed E-state index contributed by atoms with van der Waals surface area (Å²) >= 11 is 0. The van der Waals surface area contributed by atoms with Crippen molar-refractivity contribution < 1.29 is 14.6 Å². The van der Waals surface area contributed by atoms with Crippen molar-refractivity contribution in [3.63, 3.8) is 0 Å². The summed E-state index contributed by atoms with van der Waals surface area (Å²) < 4.78 is 11.8. The number of aliphatic hydroxyl groups is 1. The van der Waals surface area contributed by atoms with Crippen molar-refractivity contribution in [2.45, 2.75) is 194 Å². The fourth-order valence-corrected chi connectivity index (χ4v) is 5.97. The highest BCUT2D eigenvalue weighted by molar-refractivity contribution is 4.82. The van der Waals surface area contributed by atoms with Gasteiger partial charge in [-0.2, -0.15) is 0 Å². The van der Waals surface area contributed by atoms with Crippen LogP contribution in [0.5, 0.6) is 0 Å². The molecule has 0 aromatic heterocycles. The normalized spacial score (nSPS) is 12.1. The molecule has 4 heteroatoms. The first-order chi connectivity index (χ1) is 22.8. The highest BCUT2D eigenvalue weighted by atomic mass is 16.5. The van der Waals surface area contributed by atoms with Gasteiger partial charge in [0.25, 0.3) is 0 Å². The summed E-state index contributed by atoms with van der Waals surface area (Å²) in [5, 5.41) is 9.42. The number of aliphatic hydroxyl groups excluding tert-OH is 1. The number of nitrogens with zero attached hydrogens (tertiary/aromatic N) is 1. The van der Waals surface area contributed by atoms with Gasteiger partial charge in [0.15, 0.2) is 0 Å². The van der Waals surface area contributed by atoms with Crippen molar-refractivity contribution in [3.05, 3.63) is 24.3 Å². The van der Waals surface area contributed by atoms with Gasteiger partial charge >= 0.3 is 0 Å². The SMILES string of the molecule is CCCCCCCCC=CCCCCCCCCOCCN(CCO)CCOCCCCCCCCC=CCCCCCCCC. The topological polar surface area (TPSA) is 41.9 Å². The third-order valence-corrected chi connectivity index (χ3v) is 9.12. The first-order valence-electron chi connectivity index (χ1n) is 20.6. The van der Waals surface area contributed by atoms with Gasteiger partial charge in [-0.3, -0.25) is 4.90 Å². The van der Waals surface area contributed by atoms with Gasteiger partial charge in [-0.1, -0.05) is 154 Å². The van der Waals surface area contributed by atoms with Crippen LogP contribution in [0.4, 0.5) is 0 Å². The van der Waals surface area contributed by atoms with Crippen LogP contribution in [0, 0.1) is 0 Å². The molecule has 46 heavy (non-hydrogen) atoms. The molecule has 0 unspecified atom stereocenters. The second-order valence-corrected chi connectivity index (χ2v) is 13.7. The number of unbranched alkanes of at least 4 members (excludes halogenated alkanes) is 24. The fraction of sp³-hybridized carbons (Fsp3) is 0.905. The van der Waals surface area contributed by atoms with Gasteiger partial charge in [0, 0.05) is 32.8 Å². The Bertz CT molecular complexity index is 545. The van der Waals surface area contributed by atoms with E-state index in [1.165, 1.54) is 167 Å². The Balaban J connectivity index is 3.40. The molecule has 0 aliphatic carbocycles. The molecule has 274 valence electrons. The Morgan fingerprint density at radius 3 is 1.00 bits per heavy atom. The molecule has 0 atom stereocenters. The lowest BCUT2D eigenvalue weighted by atomic mass is 10.1. The van der Waals surface area contributed by atoms with E-state index < -0.39 is 0 Å². The van der Waals surface area contributed by atoms with Crippen molar-refractivity contribution >= 4 is 0 Å². The van der Waals surface area contributed by atoms with Crippen LogP contribution in [-0.4, -0.2) is 62.7 Å². The van der Waals surface area contributed by atoms with Gasteiger partial charge in [-0.05, 0) is 64.2 Å². The van der Waals surface area contributed by atoms with E-state index in [9.17, 15) is 5.11 Å². The number of rotatable bonds is 40. The molecule has 0 aliphatic heterocycles. The lowest BCUT2D eigenvalue weighted by molar-refractivity contribution is 0.0649. The van der Waals surface area contributed by atoms with E-state index in [1.54, 1.807) is 0 Å². The summed E-state index contributed by atoms with van der Waals surface area (Å²) in [6.07, 6.45) is 47.1. The van der Waals surface area contributed by atoms with Gasteiger partial charge < -0.3 is 14.6 Å². The maximum Gasteiger partial charge on any atom is 0.0593 e. The summed E-state index contributed by atoms with van der Waals surface area (Å²) in [5.74, 6) is 0. The largest absolute Gasteiger partial charge is 0.395 e. The minimum absolute atomic E-state index is 0.198. The van der Waals surface area contributed by atoms with Gasteiger partial charge in [0.1, 0.15) is 0 Å².